The molecule has 11 N–H and O–H groups in total. The number of hydrogen-bond acceptors (Lipinski definition) is 23. The summed E-state index contributed by atoms with van der Waals surface area (Å²) in [5.41, 5.74) is 0. The summed E-state index contributed by atoms with van der Waals surface area (Å²) in [5, 5.41) is 110. The first kappa shape index (κ1) is 91.6. The van der Waals surface area contributed by atoms with E-state index in [1.165, 1.54) is 128 Å². The maximum Gasteiger partial charge on any atom is 0.472 e. The van der Waals surface area contributed by atoms with E-state index in [0.717, 1.165) is 109 Å². The summed E-state index contributed by atoms with van der Waals surface area (Å²) < 4.78 is 65.1. The van der Waals surface area contributed by atoms with Crippen LogP contribution >= 0.6 is 7.82 Å². The highest BCUT2D eigenvalue weighted by molar-refractivity contribution is 7.47. The average molecular weight is 1450 g/mol. The van der Waals surface area contributed by atoms with Crippen LogP contribution in [0.1, 0.15) is 303 Å². The predicted molar refractivity (Wildman–Crippen MR) is 379 cm³/mol. The Labute approximate surface area is 598 Å². The van der Waals surface area contributed by atoms with Gasteiger partial charge in [0, 0.05) is 19.3 Å². The van der Waals surface area contributed by atoms with Gasteiger partial charge < -0.3 is 89.1 Å². The van der Waals surface area contributed by atoms with Gasteiger partial charge in [-0.3, -0.25) is 23.4 Å². The standard InChI is InChI=1S/C75H137O24P/c1-4-7-10-13-16-19-22-25-27-28-30-33-35-38-41-44-47-50-60(78)92-55-58-63(81)65(83)70(88)75(96-58)98-72-68(86)66(84)67(85)71(97-74-69(87)64(82)62(80)57(52-76)95-74)73(72)99-100(89,90)93-54-56(94-61(79)51-48-45-42-39-36-31-24-21-18-15-12-9-6-3)53-91-59(77)49-46-43-40-37-34-32-29-26-23-20-17-14-11-8-5-2/h20,23,31,36,56-58,62-76,80-88H,4-19,21-22,24-30,32-35,37-55H2,1-3H3,(H,89,90)/b23-20-,36-31-. The van der Waals surface area contributed by atoms with Gasteiger partial charge in [0.05, 0.1) is 13.2 Å². The number of allylic oxidation sites excluding steroid dienone is 4. The average Bonchev–Trinajstić information content (AvgIpc) is 0.760. The Bertz CT molecular complexity index is 2160. The van der Waals surface area contributed by atoms with Gasteiger partial charge in [-0.1, -0.05) is 238 Å². The molecular weight excluding hydrogens is 1320 g/mol. The van der Waals surface area contributed by atoms with Gasteiger partial charge in [-0.2, -0.15) is 0 Å². The van der Waals surface area contributed by atoms with Crippen LogP contribution in [0.25, 0.3) is 0 Å². The van der Waals surface area contributed by atoms with Gasteiger partial charge in [0.2, 0.25) is 0 Å². The van der Waals surface area contributed by atoms with Crippen molar-refractivity contribution < 1.29 is 117 Å². The third-order valence-electron chi connectivity index (χ3n) is 19.2. The molecule has 3 aliphatic rings. The van der Waals surface area contributed by atoms with Gasteiger partial charge in [0.1, 0.15) is 98.7 Å². The molecule has 0 aromatic heterocycles. The number of esters is 3. The van der Waals surface area contributed by atoms with Crippen LogP contribution in [0.4, 0.5) is 0 Å². The van der Waals surface area contributed by atoms with Crippen molar-refractivity contribution >= 4 is 25.7 Å². The van der Waals surface area contributed by atoms with E-state index in [1.54, 1.807) is 0 Å². The van der Waals surface area contributed by atoms with E-state index in [0.29, 0.717) is 25.7 Å². The lowest BCUT2D eigenvalue weighted by atomic mass is 9.84. The van der Waals surface area contributed by atoms with Gasteiger partial charge in [0.25, 0.3) is 0 Å². The number of carbonyl (C=O) groups excluding carboxylic acids is 3. The first-order valence-corrected chi connectivity index (χ1v) is 40.6. The van der Waals surface area contributed by atoms with Gasteiger partial charge in [-0.25, -0.2) is 4.57 Å². The van der Waals surface area contributed by atoms with Gasteiger partial charge >= 0.3 is 25.7 Å². The van der Waals surface area contributed by atoms with Crippen LogP contribution in [0.5, 0.6) is 0 Å². The molecule has 0 radical (unpaired) electrons. The number of rotatable bonds is 61. The second kappa shape index (κ2) is 56.7. The number of unbranched alkanes of at least 4 members (excludes halogenated alkanes) is 36. The van der Waals surface area contributed by atoms with Crippen molar-refractivity contribution in [2.24, 2.45) is 0 Å². The molecule has 3 rings (SSSR count). The molecule has 18 unspecified atom stereocenters. The van der Waals surface area contributed by atoms with E-state index in [2.05, 4.69) is 45.1 Å². The minimum Gasteiger partial charge on any atom is -0.463 e. The Morgan fingerprint density at radius 3 is 1.10 bits per heavy atom. The Morgan fingerprint density at radius 2 is 0.700 bits per heavy atom. The van der Waals surface area contributed by atoms with Gasteiger partial charge in [-0.15, -0.1) is 0 Å². The largest absolute Gasteiger partial charge is 0.472 e. The number of aliphatic hydroxyl groups excluding tert-OH is 10. The smallest absolute Gasteiger partial charge is 0.463 e. The molecule has 2 aliphatic heterocycles. The lowest BCUT2D eigenvalue weighted by molar-refractivity contribution is -0.360. The van der Waals surface area contributed by atoms with Crippen molar-refractivity contribution in [3.8, 4) is 0 Å². The Balaban J connectivity index is 1.71. The molecule has 0 bridgehead atoms. The van der Waals surface area contributed by atoms with E-state index in [1.807, 2.05) is 0 Å². The highest BCUT2D eigenvalue weighted by Crippen LogP contribution is 2.49. The van der Waals surface area contributed by atoms with Crippen molar-refractivity contribution in [1.29, 1.82) is 0 Å². The fourth-order valence-corrected chi connectivity index (χ4v) is 13.8. The van der Waals surface area contributed by atoms with Crippen LogP contribution in [0.3, 0.4) is 0 Å². The minimum absolute atomic E-state index is 0.0313. The van der Waals surface area contributed by atoms with Crippen LogP contribution in [0.15, 0.2) is 24.3 Å². The summed E-state index contributed by atoms with van der Waals surface area (Å²) in [5.74, 6) is -2.01. The molecule has 1 aliphatic carbocycles. The molecule has 24 nitrogen and oxygen atoms in total. The molecule has 0 aromatic carbocycles. The zero-order valence-corrected chi connectivity index (χ0v) is 62.1. The maximum atomic E-state index is 14.3. The van der Waals surface area contributed by atoms with E-state index >= 15 is 0 Å². The highest BCUT2D eigenvalue weighted by atomic mass is 31.2. The third kappa shape index (κ3) is 39.2. The summed E-state index contributed by atoms with van der Waals surface area (Å²) >= 11 is 0. The van der Waals surface area contributed by atoms with Crippen LogP contribution in [0.2, 0.25) is 0 Å². The van der Waals surface area contributed by atoms with Gasteiger partial charge in [-0.05, 0) is 70.6 Å². The monoisotopic (exact) mass is 1450 g/mol. The number of carbonyl (C=O) groups is 3. The number of aliphatic hydroxyl groups is 10. The second-order valence-electron chi connectivity index (χ2n) is 28.1. The molecule has 100 heavy (non-hydrogen) atoms. The van der Waals surface area contributed by atoms with Crippen LogP contribution in [-0.2, 0) is 61.2 Å². The van der Waals surface area contributed by atoms with E-state index < -0.39 is 156 Å². The zero-order valence-electron chi connectivity index (χ0n) is 61.2. The molecule has 0 amide bonds. The number of phosphoric ester groups is 1. The topological polar surface area (TPSA) is 374 Å². The zero-order chi connectivity index (χ0) is 73.2. The first-order chi connectivity index (χ1) is 48.3. The van der Waals surface area contributed by atoms with Crippen LogP contribution in [0, 0.1) is 0 Å². The number of ether oxygens (including phenoxy) is 7. The molecule has 2 heterocycles. The molecule has 586 valence electrons. The quantitative estimate of drug-likeness (QED) is 0.00886. The van der Waals surface area contributed by atoms with E-state index in [-0.39, 0.29) is 19.3 Å². The van der Waals surface area contributed by atoms with Crippen LogP contribution < -0.4 is 0 Å². The fraction of sp³-hybridized carbons (Fsp3) is 0.907. The summed E-state index contributed by atoms with van der Waals surface area (Å²) in [6, 6.07) is 0. The predicted octanol–water partition coefficient (Wildman–Crippen LogP) is 11.3. The Morgan fingerprint density at radius 1 is 0.380 bits per heavy atom. The Hall–Kier alpha value is -2.56. The first-order valence-electron chi connectivity index (χ1n) is 39.1. The lowest BCUT2D eigenvalue weighted by Gasteiger charge is -2.49. The number of phosphoric acid groups is 1. The van der Waals surface area contributed by atoms with E-state index in [9.17, 15) is 74.9 Å². The maximum absolute atomic E-state index is 14.3. The Kier molecular flexibility index (Phi) is 52.0. The molecule has 3 fully saturated rings. The van der Waals surface area contributed by atoms with Gasteiger partial charge in [0.15, 0.2) is 18.7 Å². The normalized spacial score (nSPS) is 27.4. The third-order valence-corrected chi connectivity index (χ3v) is 20.2. The summed E-state index contributed by atoms with van der Waals surface area (Å²) in [7, 11) is -5.70. The molecule has 25 heteroatoms. The van der Waals surface area contributed by atoms with Crippen molar-refractivity contribution in [3.63, 3.8) is 0 Å². The summed E-state index contributed by atoms with van der Waals surface area (Å²) in [6.45, 7) is 3.43. The van der Waals surface area contributed by atoms with E-state index in [4.69, 9.17) is 42.2 Å². The molecule has 0 aromatic rings. The van der Waals surface area contributed by atoms with Crippen LogP contribution in [-0.4, -0.2) is 204 Å². The second-order valence-corrected chi connectivity index (χ2v) is 29.5. The minimum atomic E-state index is -5.70. The summed E-state index contributed by atoms with van der Waals surface area (Å²) in [6.07, 6.45) is 18.0. The summed E-state index contributed by atoms with van der Waals surface area (Å²) in [4.78, 5) is 51.0. The van der Waals surface area contributed by atoms with Crippen molar-refractivity contribution in [2.45, 2.75) is 407 Å². The molecule has 0 spiro atoms. The van der Waals surface area contributed by atoms with Crippen molar-refractivity contribution in [3.05, 3.63) is 24.3 Å². The molecule has 1 saturated carbocycles. The SMILES string of the molecule is CCCCCC/C=C\CCCCCCCCCC(=O)OCC(COP(=O)(O)OC1C(OC2OC(CO)C(O)C(O)C2O)C(O)C(O)C(O)C1OC1OC(COC(=O)CCCCCCCCCCCCCCCCCCC)C(O)C(O)C1O)OC(=O)CCCCC/C=C\CCCCCCCC. The number of hydrogen-bond donors (Lipinski definition) is 11. The van der Waals surface area contributed by atoms with Crippen molar-refractivity contribution in [1.82, 2.24) is 0 Å². The fourth-order valence-electron chi connectivity index (χ4n) is 12.8. The molecule has 18 atom stereocenters. The highest BCUT2D eigenvalue weighted by Gasteiger charge is 2.58. The molecule has 2 saturated heterocycles. The molecular formula is C75H137O24P. The lowest BCUT2D eigenvalue weighted by Crippen LogP contribution is -2.69. The van der Waals surface area contributed by atoms with Crippen molar-refractivity contribution in [2.75, 3.05) is 26.4 Å².